The van der Waals surface area contributed by atoms with Crippen LogP contribution in [0.25, 0.3) is 11.2 Å². The topological polar surface area (TPSA) is 119 Å². The summed E-state index contributed by atoms with van der Waals surface area (Å²) in [6.07, 6.45) is 1.55. The van der Waals surface area contributed by atoms with Crippen LogP contribution in [-0.2, 0) is 24.9 Å². The van der Waals surface area contributed by atoms with Gasteiger partial charge in [-0.15, -0.1) is 12.4 Å². The number of carbonyl (C=O) groups is 1. The van der Waals surface area contributed by atoms with Gasteiger partial charge >= 0.3 is 11.7 Å². The lowest BCUT2D eigenvalue weighted by molar-refractivity contribution is 0.0487. The number of fused-ring (bicyclic) bond motifs is 1. The van der Waals surface area contributed by atoms with Crippen LogP contribution in [0.1, 0.15) is 10.4 Å². The minimum absolute atomic E-state index is 0. The van der Waals surface area contributed by atoms with Gasteiger partial charge in [-0.2, -0.15) is 0 Å². The average molecular weight is 512 g/mol. The van der Waals surface area contributed by atoms with Crippen molar-refractivity contribution >= 4 is 29.5 Å². The molecule has 2 heterocycles. The van der Waals surface area contributed by atoms with Crippen molar-refractivity contribution in [1.82, 2.24) is 23.6 Å². The van der Waals surface area contributed by atoms with Gasteiger partial charge in [-0.3, -0.25) is 13.9 Å². The fourth-order valence-corrected chi connectivity index (χ4v) is 3.51. The highest BCUT2D eigenvalue weighted by molar-refractivity contribution is 5.91. The molecule has 12 nitrogen and oxygen atoms in total. The molecule has 0 spiro atoms. The zero-order chi connectivity index (χ0) is 25.0. The van der Waals surface area contributed by atoms with Gasteiger partial charge in [-0.05, 0) is 26.2 Å². The zero-order valence-electron chi connectivity index (χ0n) is 20.6. The molecule has 13 heteroatoms. The third-order valence-corrected chi connectivity index (χ3v) is 5.34. The molecule has 1 aromatic carbocycles. The quantitative estimate of drug-likeness (QED) is 0.363. The Labute approximate surface area is 208 Å². The SMILES string of the molecule is COc1cc(C(=O)OCCn2c(=O)c3c(ncn3CCN(C)C)n(C)c2=O)cc(OC)c1OC.Cl. The molecule has 0 amide bonds. The third kappa shape index (κ3) is 5.60. The van der Waals surface area contributed by atoms with Crippen molar-refractivity contribution in [1.29, 1.82) is 0 Å². The summed E-state index contributed by atoms with van der Waals surface area (Å²) in [4.78, 5) is 44.7. The van der Waals surface area contributed by atoms with E-state index < -0.39 is 17.2 Å². The van der Waals surface area contributed by atoms with Gasteiger partial charge in [0.2, 0.25) is 5.75 Å². The Morgan fingerprint density at radius 2 is 1.66 bits per heavy atom. The van der Waals surface area contributed by atoms with Gasteiger partial charge in [0.1, 0.15) is 6.61 Å². The van der Waals surface area contributed by atoms with Crippen molar-refractivity contribution in [2.45, 2.75) is 13.1 Å². The number of hydrogen-bond acceptors (Lipinski definition) is 9. The van der Waals surface area contributed by atoms with E-state index in [1.54, 1.807) is 17.9 Å². The van der Waals surface area contributed by atoms with Gasteiger partial charge in [-0.25, -0.2) is 14.6 Å². The van der Waals surface area contributed by atoms with Gasteiger partial charge < -0.3 is 28.4 Å². The van der Waals surface area contributed by atoms with Crippen LogP contribution in [0.4, 0.5) is 0 Å². The third-order valence-electron chi connectivity index (χ3n) is 5.34. The van der Waals surface area contributed by atoms with Crippen molar-refractivity contribution in [3.63, 3.8) is 0 Å². The molecular weight excluding hydrogens is 482 g/mol. The number of aromatic nitrogens is 4. The van der Waals surface area contributed by atoms with Crippen molar-refractivity contribution in [3.8, 4) is 17.2 Å². The van der Waals surface area contributed by atoms with Gasteiger partial charge in [0.15, 0.2) is 22.7 Å². The number of methoxy groups -OCH3 is 3. The maximum Gasteiger partial charge on any atom is 0.338 e. The number of esters is 1. The van der Waals surface area contributed by atoms with E-state index in [1.807, 2.05) is 19.0 Å². The zero-order valence-corrected chi connectivity index (χ0v) is 21.4. The first-order valence-electron chi connectivity index (χ1n) is 10.5. The Morgan fingerprint density at radius 1 is 1.03 bits per heavy atom. The molecule has 0 N–H and O–H groups in total. The highest BCUT2D eigenvalue weighted by atomic mass is 35.5. The number of likely N-dealkylation sites (N-methyl/N-ethyl adjacent to an activating group) is 1. The Morgan fingerprint density at radius 3 is 2.20 bits per heavy atom. The number of rotatable bonds is 10. The second kappa shape index (κ2) is 11.8. The lowest BCUT2D eigenvalue weighted by Gasteiger charge is -2.14. The van der Waals surface area contributed by atoms with Crippen LogP contribution in [0.5, 0.6) is 17.2 Å². The molecule has 0 saturated carbocycles. The van der Waals surface area contributed by atoms with Crippen molar-refractivity contribution in [3.05, 3.63) is 44.9 Å². The van der Waals surface area contributed by atoms with E-state index in [-0.39, 0.29) is 31.1 Å². The fraction of sp³-hybridized carbons (Fsp3) is 0.455. The predicted molar refractivity (Wildman–Crippen MR) is 131 cm³/mol. The molecule has 0 atom stereocenters. The van der Waals surface area contributed by atoms with E-state index in [9.17, 15) is 14.4 Å². The number of imidazole rings is 1. The average Bonchev–Trinajstić information content (AvgIpc) is 3.26. The molecule has 0 bridgehead atoms. The summed E-state index contributed by atoms with van der Waals surface area (Å²) >= 11 is 0. The van der Waals surface area contributed by atoms with E-state index in [1.165, 1.54) is 38.0 Å². The monoisotopic (exact) mass is 511 g/mol. The summed E-state index contributed by atoms with van der Waals surface area (Å²) in [5.41, 5.74) is -0.233. The Hall–Kier alpha value is -3.51. The van der Waals surface area contributed by atoms with Gasteiger partial charge in [0.25, 0.3) is 5.56 Å². The van der Waals surface area contributed by atoms with E-state index in [2.05, 4.69) is 4.98 Å². The number of ether oxygens (including phenoxy) is 4. The Kier molecular flexibility index (Phi) is 9.32. The minimum atomic E-state index is -0.666. The molecule has 0 unspecified atom stereocenters. The van der Waals surface area contributed by atoms with Crippen molar-refractivity contribution in [2.24, 2.45) is 7.05 Å². The molecule has 0 aliphatic carbocycles. The summed E-state index contributed by atoms with van der Waals surface area (Å²) in [7, 11) is 9.73. The summed E-state index contributed by atoms with van der Waals surface area (Å²) < 4.78 is 25.2. The van der Waals surface area contributed by atoms with Gasteiger partial charge in [0.05, 0.1) is 39.8 Å². The second-order valence-corrected chi connectivity index (χ2v) is 7.76. The van der Waals surface area contributed by atoms with Crippen LogP contribution in [0.2, 0.25) is 0 Å². The number of aryl methyl sites for hydroxylation is 1. The highest BCUT2D eigenvalue weighted by Gasteiger charge is 2.19. The lowest BCUT2D eigenvalue weighted by atomic mass is 10.2. The molecular formula is C22H30ClN5O7. The summed E-state index contributed by atoms with van der Waals surface area (Å²) in [6.45, 7) is 0.922. The smallest absolute Gasteiger partial charge is 0.338 e. The molecule has 0 saturated heterocycles. The standard InChI is InChI=1S/C22H29N5O7.ClH/c1-24(2)7-8-26-13-23-19-17(26)20(28)27(22(30)25(19)3)9-10-34-21(29)14-11-15(31-4)18(33-6)16(12-14)32-5;/h11-13H,7-10H2,1-6H3;1H. The van der Waals surface area contributed by atoms with E-state index in [0.29, 0.717) is 41.5 Å². The number of halogens is 1. The van der Waals surface area contributed by atoms with Crippen molar-refractivity contribution in [2.75, 3.05) is 48.6 Å². The van der Waals surface area contributed by atoms with E-state index in [4.69, 9.17) is 18.9 Å². The molecule has 0 aliphatic rings. The van der Waals surface area contributed by atoms with E-state index in [0.717, 1.165) is 4.57 Å². The van der Waals surface area contributed by atoms with Crippen LogP contribution < -0.4 is 25.5 Å². The summed E-state index contributed by atoms with van der Waals surface area (Å²) in [5, 5.41) is 0. The fourth-order valence-electron chi connectivity index (χ4n) is 3.51. The first kappa shape index (κ1) is 27.7. The maximum absolute atomic E-state index is 13.1. The van der Waals surface area contributed by atoms with Crippen molar-refractivity contribution < 1.29 is 23.7 Å². The van der Waals surface area contributed by atoms with E-state index >= 15 is 0 Å². The van der Waals surface area contributed by atoms with Crippen LogP contribution in [0, 0.1) is 0 Å². The molecule has 35 heavy (non-hydrogen) atoms. The largest absolute Gasteiger partial charge is 0.493 e. The lowest BCUT2D eigenvalue weighted by Crippen LogP contribution is -2.40. The first-order chi connectivity index (χ1) is 16.2. The number of nitrogens with zero attached hydrogens (tertiary/aromatic N) is 5. The van der Waals surface area contributed by atoms with Gasteiger partial charge in [-0.1, -0.05) is 0 Å². The normalized spacial score (nSPS) is 10.8. The van der Waals surface area contributed by atoms with Crippen LogP contribution in [0.3, 0.4) is 0 Å². The number of carbonyl (C=O) groups excluding carboxylic acids is 1. The van der Waals surface area contributed by atoms with Crippen LogP contribution in [-0.4, -0.2) is 78.1 Å². The summed E-state index contributed by atoms with van der Waals surface area (Å²) in [5.74, 6) is 0.280. The molecule has 0 radical (unpaired) electrons. The van der Waals surface area contributed by atoms with Crippen LogP contribution in [0.15, 0.2) is 28.0 Å². The first-order valence-corrected chi connectivity index (χ1v) is 10.5. The summed E-state index contributed by atoms with van der Waals surface area (Å²) in [6, 6.07) is 2.93. The second-order valence-electron chi connectivity index (χ2n) is 7.76. The Balaban J connectivity index is 0.00000432. The van der Waals surface area contributed by atoms with Crippen LogP contribution >= 0.6 is 12.4 Å². The molecule has 192 valence electrons. The predicted octanol–water partition coefficient (Wildman–Crippen LogP) is 0.763. The molecule has 2 aromatic heterocycles. The van der Waals surface area contributed by atoms with Gasteiger partial charge in [0, 0.05) is 20.1 Å². The number of hydrogen-bond donors (Lipinski definition) is 0. The molecule has 3 aromatic rings. The molecule has 3 rings (SSSR count). The highest BCUT2D eigenvalue weighted by Crippen LogP contribution is 2.38. The molecule has 0 aliphatic heterocycles. The molecule has 0 fully saturated rings. The maximum atomic E-state index is 13.1. The Bertz CT molecular complexity index is 1290. The minimum Gasteiger partial charge on any atom is -0.493 e. The number of benzene rings is 1.